The van der Waals surface area contributed by atoms with Crippen molar-refractivity contribution in [2.75, 3.05) is 24.1 Å². The van der Waals surface area contributed by atoms with E-state index in [0.29, 0.717) is 18.9 Å². The van der Waals surface area contributed by atoms with Crippen LogP contribution in [0.5, 0.6) is 0 Å². The third-order valence-corrected chi connectivity index (χ3v) is 3.00. The van der Waals surface area contributed by atoms with Crippen molar-refractivity contribution in [2.45, 2.75) is 26.2 Å². The van der Waals surface area contributed by atoms with Crippen molar-refractivity contribution in [1.82, 2.24) is 15.3 Å². The highest BCUT2D eigenvalue weighted by atomic mass is 16.2. The molecule has 0 unspecified atom stereocenters. The topological polar surface area (TPSA) is 92.9 Å². The van der Waals surface area contributed by atoms with Crippen LogP contribution in [0.25, 0.3) is 0 Å². The molecular formula is C12H19N5O. The molecule has 1 aromatic heterocycles. The largest absolute Gasteiger partial charge is 0.383 e. The number of carbonyl (C=O) groups is 1. The first-order valence-corrected chi connectivity index (χ1v) is 6.33. The number of amides is 1. The lowest BCUT2D eigenvalue weighted by atomic mass is 10.2. The van der Waals surface area contributed by atoms with Crippen molar-refractivity contribution >= 4 is 17.5 Å². The molecule has 1 heterocycles. The summed E-state index contributed by atoms with van der Waals surface area (Å²) in [6, 6.07) is 0. The third kappa shape index (κ3) is 3.09. The number of anilines is 2. The van der Waals surface area contributed by atoms with Gasteiger partial charge in [-0.15, -0.1) is 0 Å². The first-order valence-electron chi connectivity index (χ1n) is 6.33. The minimum atomic E-state index is 0.162. The summed E-state index contributed by atoms with van der Waals surface area (Å²) in [5, 5.41) is 6.06. The molecular weight excluding hydrogens is 230 g/mol. The molecule has 1 aliphatic rings. The van der Waals surface area contributed by atoms with Crippen LogP contribution < -0.4 is 16.4 Å². The van der Waals surface area contributed by atoms with Crippen molar-refractivity contribution in [2.24, 2.45) is 5.92 Å². The first kappa shape index (κ1) is 12.6. The molecule has 0 atom stereocenters. The predicted molar refractivity (Wildman–Crippen MR) is 70.0 cm³/mol. The number of aromatic nitrogens is 2. The van der Waals surface area contributed by atoms with Crippen LogP contribution in [-0.2, 0) is 11.2 Å². The Balaban J connectivity index is 1.79. The van der Waals surface area contributed by atoms with Gasteiger partial charge in [0.15, 0.2) is 0 Å². The minimum Gasteiger partial charge on any atom is -0.383 e. The van der Waals surface area contributed by atoms with Gasteiger partial charge >= 0.3 is 0 Å². The summed E-state index contributed by atoms with van der Waals surface area (Å²) < 4.78 is 0. The fourth-order valence-corrected chi connectivity index (χ4v) is 1.78. The van der Waals surface area contributed by atoms with Crippen molar-refractivity contribution in [3.63, 3.8) is 0 Å². The van der Waals surface area contributed by atoms with Gasteiger partial charge in [0, 0.05) is 24.6 Å². The van der Waals surface area contributed by atoms with Gasteiger partial charge in [-0.05, 0) is 19.3 Å². The molecule has 2 rings (SSSR count). The second-order valence-electron chi connectivity index (χ2n) is 4.43. The van der Waals surface area contributed by atoms with Crippen LogP contribution >= 0.6 is 0 Å². The molecule has 1 aliphatic carbocycles. The van der Waals surface area contributed by atoms with Crippen LogP contribution in [0.1, 0.15) is 25.3 Å². The van der Waals surface area contributed by atoms with Gasteiger partial charge in [-0.1, -0.05) is 6.92 Å². The number of rotatable bonds is 6. The minimum absolute atomic E-state index is 0.162. The zero-order valence-corrected chi connectivity index (χ0v) is 10.6. The molecule has 18 heavy (non-hydrogen) atoms. The van der Waals surface area contributed by atoms with Crippen molar-refractivity contribution in [3.05, 3.63) is 11.9 Å². The van der Waals surface area contributed by atoms with Crippen LogP contribution in [0.15, 0.2) is 6.33 Å². The molecule has 1 fully saturated rings. The summed E-state index contributed by atoms with van der Waals surface area (Å²) in [5.41, 5.74) is 6.69. The van der Waals surface area contributed by atoms with Gasteiger partial charge in [-0.25, -0.2) is 9.97 Å². The number of hydrogen-bond acceptors (Lipinski definition) is 5. The summed E-state index contributed by atoms with van der Waals surface area (Å²) in [5.74, 6) is 1.68. The third-order valence-electron chi connectivity index (χ3n) is 3.00. The van der Waals surface area contributed by atoms with Crippen LogP contribution in [0.3, 0.4) is 0 Å². The van der Waals surface area contributed by atoms with Crippen LogP contribution in [0.4, 0.5) is 11.6 Å². The Labute approximate surface area is 106 Å². The second kappa shape index (κ2) is 5.66. The van der Waals surface area contributed by atoms with Gasteiger partial charge in [-0.3, -0.25) is 4.79 Å². The summed E-state index contributed by atoms with van der Waals surface area (Å²) in [4.78, 5) is 19.5. The molecule has 0 saturated heterocycles. The number of nitrogen functional groups attached to an aromatic ring is 1. The molecule has 1 aromatic rings. The average molecular weight is 249 g/mol. The van der Waals surface area contributed by atoms with Crippen LogP contribution in [0.2, 0.25) is 0 Å². The van der Waals surface area contributed by atoms with E-state index in [9.17, 15) is 4.79 Å². The fourth-order valence-electron chi connectivity index (χ4n) is 1.78. The van der Waals surface area contributed by atoms with Crippen molar-refractivity contribution in [1.29, 1.82) is 0 Å². The summed E-state index contributed by atoms with van der Waals surface area (Å²) >= 11 is 0. The van der Waals surface area contributed by atoms with E-state index in [2.05, 4.69) is 20.6 Å². The highest BCUT2D eigenvalue weighted by Crippen LogP contribution is 2.28. The van der Waals surface area contributed by atoms with E-state index >= 15 is 0 Å². The lowest BCUT2D eigenvalue weighted by Crippen LogP contribution is -2.30. The van der Waals surface area contributed by atoms with E-state index in [1.54, 1.807) is 0 Å². The summed E-state index contributed by atoms with van der Waals surface area (Å²) in [6.07, 6.45) is 4.28. The highest BCUT2D eigenvalue weighted by Gasteiger charge is 2.28. The Bertz CT molecular complexity index is 430. The maximum atomic E-state index is 11.4. The van der Waals surface area contributed by atoms with Gasteiger partial charge in [0.25, 0.3) is 0 Å². The Morgan fingerprint density at radius 1 is 1.44 bits per heavy atom. The zero-order chi connectivity index (χ0) is 13.0. The monoisotopic (exact) mass is 249 g/mol. The predicted octanol–water partition coefficient (Wildman–Crippen LogP) is 0.559. The van der Waals surface area contributed by atoms with Crippen molar-refractivity contribution in [3.8, 4) is 0 Å². The SMILES string of the molecule is CCc1c(N)ncnc1NCCNC(=O)C1CC1. The molecule has 6 nitrogen and oxygen atoms in total. The maximum absolute atomic E-state index is 11.4. The molecule has 98 valence electrons. The second-order valence-corrected chi connectivity index (χ2v) is 4.43. The van der Waals surface area contributed by atoms with Gasteiger partial charge in [0.2, 0.25) is 5.91 Å². The molecule has 4 N–H and O–H groups in total. The first-order chi connectivity index (χ1) is 8.72. The van der Waals surface area contributed by atoms with E-state index in [4.69, 9.17) is 5.73 Å². The van der Waals surface area contributed by atoms with E-state index in [0.717, 1.165) is 30.6 Å². The number of carbonyl (C=O) groups excluding carboxylic acids is 1. The van der Waals surface area contributed by atoms with Gasteiger partial charge in [0.05, 0.1) is 0 Å². The molecule has 0 bridgehead atoms. The van der Waals surface area contributed by atoms with Crippen molar-refractivity contribution < 1.29 is 4.79 Å². The average Bonchev–Trinajstić information content (AvgIpc) is 3.18. The molecule has 6 heteroatoms. The number of nitrogens with one attached hydrogen (secondary N) is 2. The molecule has 0 spiro atoms. The summed E-state index contributed by atoms with van der Waals surface area (Å²) in [7, 11) is 0. The van der Waals surface area contributed by atoms with Gasteiger partial charge < -0.3 is 16.4 Å². The fraction of sp³-hybridized carbons (Fsp3) is 0.583. The molecule has 1 amide bonds. The lowest BCUT2D eigenvalue weighted by molar-refractivity contribution is -0.122. The van der Waals surface area contributed by atoms with Gasteiger partial charge in [-0.2, -0.15) is 0 Å². The quantitative estimate of drug-likeness (QED) is 0.641. The number of nitrogens with two attached hydrogens (primary N) is 1. The Morgan fingerprint density at radius 2 is 2.22 bits per heavy atom. The van der Waals surface area contributed by atoms with E-state index < -0.39 is 0 Å². The van der Waals surface area contributed by atoms with E-state index in [1.165, 1.54) is 6.33 Å². The maximum Gasteiger partial charge on any atom is 0.223 e. The van der Waals surface area contributed by atoms with Gasteiger partial charge in [0.1, 0.15) is 18.0 Å². The smallest absolute Gasteiger partial charge is 0.223 e. The Kier molecular flexibility index (Phi) is 3.96. The zero-order valence-electron chi connectivity index (χ0n) is 10.6. The van der Waals surface area contributed by atoms with Crippen LogP contribution in [0, 0.1) is 5.92 Å². The highest BCUT2D eigenvalue weighted by molar-refractivity contribution is 5.80. The molecule has 0 radical (unpaired) electrons. The van der Waals surface area contributed by atoms with E-state index in [1.807, 2.05) is 6.92 Å². The molecule has 0 aliphatic heterocycles. The standard InChI is InChI=1S/C12H19N5O/c1-2-9-10(13)16-7-17-11(9)14-5-6-15-12(18)8-3-4-8/h7-8H,2-6H2,1H3,(H,15,18)(H3,13,14,16,17). The molecule has 1 saturated carbocycles. The Hall–Kier alpha value is -1.85. The molecule has 0 aromatic carbocycles. The normalized spacial score (nSPS) is 14.3. The number of hydrogen-bond donors (Lipinski definition) is 3. The van der Waals surface area contributed by atoms with Crippen LogP contribution in [-0.4, -0.2) is 29.0 Å². The van der Waals surface area contributed by atoms with E-state index in [-0.39, 0.29) is 11.8 Å². The Morgan fingerprint density at radius 3 is 2.89 bits per heavy atom. The number of nitrogens with zero attached hydrogens (tertiary/aromatic N) is 2. The summed E-state index contributed by atoms with van der Waals surface area (Å²) in [6.45, 7) is 3.25. The lowest BCUT2D eigenvalue weighted by Gasteiger charge is -2.11.